The van der Waals surface area contributed by atoms with Gasteiger partial charge in [-0.2, -0.15) is 0 Å². The zero-order valence-electron chi connectivity index (χ0n) is 10.3. The van der Waals surface area contributed by atoms with Gasteiger partial charge in [-0.25, -0.2) is 0 Å². The predicted octanol–water partition coefficient (Wildman–Crippen LogP) is 4.62. The Kier molecular flexibility index (Phi) is 4.91. The van der Waals surface area contributed by atoms with Gasteiger partial charge in [-0.15, -0.1) is 0 Å². The minimum absolute atomic E-state index is 0.0708. The largest absolute Gasteiger partial charge is 0.488 e. The molecule has 0 aromatic heterocycles. The lowest BCUT2D eigenvalue weighted by Crippen LogP contribution is -2.13. The van der Waals surface area contributed by atoms with Crippen LogP contribution in [0, 0.1) is 5.41 Å². The maximum Gasteiger partial charge on any atom is 0.132 e. The molecular weight excluding hydrogens is 363 g/mol. The molecule has 0 amide bonds. The second-order valence-corrected chi connectivity index (χ2v) is 5.84. The van der Waals surface area contributed by atoms with Gasteiger partial charge < -0.3 is 10.5 Å². The maximum absolute atomic E-state index is 7.52. The molecule has 0 unspecified atom stereocenters. The Morgan fingerprint density at radius 2 is 1.95 bits per heavy atom. The van der Waals surface area contributed by atoms with Crippen LogP contribution in [-0.2, 0) is 6.61 Å². The first-order chi connectivity index (χ1) is 9.47. The summed E-state index contributed by atoms with van der Waals surface area (Å²) >= 11 is 15.4. The predicted molar refractivity (Wildman–Crippen MR) is 86.0 cm³/mol. The van der Waals surface area contributed by atoms with E-state index in [-0.39, 0.29) is 12.4 Å². The fourth-order valence-corrected chi connectivity index (χ4v) is 2.52. The van der Waals surface area contributed by atoms with Crippen molar-refractivity contribution in [3.05, 3.63) is 62.0 Å². The molecule has 0 heterocycles. The van der Waals surface area contributed by atoms with Gasteiger partial charge in [0.1, 0.15) is 18.2 Å². The van der Waals surface area contributed by atoms with E-state index in [0.29, 0.717) is 21.4 Å². The van der Waals surface area contributed by atoms with Crippen molar-refractivity contribution in [2.24, 2.45) is 5.73 Å². The summed E-state index contributed by atoms with van der Waals surface area (Å²) in [5.41, 5.74) is 6.85. The first-order valence-corrected chi connectivity index (χ1v) is 7.23. The SMILES string of the molecule is N=C(N)c1ccc(Cl)cc1OCc1ccc(Br)cc1Cl. The van der Waals surface area contributed by atoms with Crippen LogP contribution in [0.5, 0.6) is 5.75 Å². The number of benzene rings is 2. The van der Waals surface area contributed by atoms with Crippen LogP contribution in [0.4, 0.5) is 0 Å². The second-order valence-electron chi connectivity index (χ2n) is 4.08. The van der Waals surface area contributed by atoms with Gasteiger partial charge in [0.05, 0.1) is 5.56 Å². The van der Waals surface area contributed by atoms with E-state index in [1.807, 2.05) is 12.1 Å². The number of nitrogens with one attached hydrogen (secondary N) is 1. The molecular formula is C14H11BrCl2N2O. The average Bonchev–Trinajstić information content (AvgIpc) is 2.37. The topological polar surface area (TPSA) is 59.1 Å². The molecule has 6 heteroatoms. The summed E-state index contributed by atoms with van der Waals surface area (Å²) < 4.78 is 6.58. The molecule has 0 atom stereocenters. The van der Waals surface area contributed by atoms with Crippen LogP contribution in [-0.4, -0.2) is 5.84 Å². The smallest absolute Gasteiger partial charge is 0.132 e. The lowest BCUT2D eigenvalue weighted by molar-refractivity contribution is 0.305. The fraction of sp³-hybridized carbons (Fsp3) is 0.0714. The van der Waals surface area contributed by atoms with Crippen LogP contribution in [0.25, 0.3) is 0 Å². The molecule has 0 aliphatic carbocycles. The molecule has 3 nitrogen and oxygen atoms in total. The first-order valence-electron chi connectivity index (χ1n) is 5.68. The second kappa shape index (κ2) is 6.48. The Bertz CT molecular complexity index is 662. The van der Waals surface area contributed by atoms with Crippen molar-refractivity contribution < 1.29 is 4.74 Å². The number of nitrogen functional groups attached to an aromatic ring is 1. The fourth-order valence-electron chi connectivity index (χ4n) is 1.63. The van der Waals surface area contributed by atoms with E-state index < -0.39 is 0 Å². The van der Waals surface area contributed by atoms with Crippen LogP contribution in [0.15, 0.2) is 40.9 Å². The number of amidine groups is 1. The molecule has 20 heavy (non-hydrogen) atoms. The highest BCUT2D eigenvalue weighted by Gasteiger charge is 2.09. The normalized spacial score (nSPS) is 10.3. The van der Waals surface area contributed by atoms with Crippen molar-refractivity contribution in [2.45, 2.75) is 6.61 Å². The Balaban J connectivity index is 2.22. The molecule has 0 radical (unpaired) electrons. The number of nitrogens with two attached hydrogens (primary N) is 1. The zero-order valence-corrected chi connectivity index (χ0v) is 13.4. The van der Waals surface area contributed by atoms with Crippen LogP contribution in [0.2, 0.25) is 10.0 Å². The molecule has 3 N–H and O–H groups in total. The minimum Gasteiger partial charge on any atom is -0.488 e. The van der Waals surface area contributed by atoms with Crippen molar-refractivity contribution in [3.63, 3.8) is 0 Å². The van der Waals surface area contributed by atoms with Crippen LogP contribution < -0.4 is 10.5 Å². The summed E-state index contributed by atoms with van der Waals surface area (Å²) in [6.07, 6.45) is 0. The molecule has 2 aromatic rings. The highest BCUT2D eigenvalue weighted by atomic mass is 79.9. The van der Waals surface area contributed by atoms with Gasteiger partial charge in [-0.05, 0) is 30.3 Å². The molecule has 0 saturated carbocycles. The highest BCUT2D eigenvalue weighted by Crippen LogP contribution is 2.26. The zero-order chi connectivity index (χ0) is 14.7. The van der Waals surface area contributed by atoms with E-state index in [1.54, 1.807) is 24.3 Å². The highest BCUT2D eigenvalue weighted by molar-refractivity contribution is 9.10. The Morgan fingerprint density at radius 3 is 2.60 bits per heavy atom. The van der Waals surface area contributed by atoms with Crippen molar-refractivity contribution in [1.29, 1.82) is 5.41 Å². The third kappa shape index (κ3) is 3.66. The third-order valence-electron chi connectivity index (χ3n) is 2.63. The van der Waals surface area contributed by atoms with E-state index in [0.717, 1.165) is 10.0 Å². The monoisotopic (exact) mass is 372 g/mol. The van der Waals surface area contributed by atoms with Gasteiger partial charge in [-0.3, -0.25) is 5.41 Å². The molecule has 0 saturated heterocycles. The Morgan fingerprint density at radius 1 is 1.20 bits per heavy atom. The molecule has 2 rings (SSSR count). The molecule has 0 fully saturated rings. The van der Waals surface area contributed by atoms with Crippen molar-refractivity contribution in [2.75, 3.05) is 0 Å². The standard InChI is InChI=1S/C14H11BrCl2N2O/c15-9-2-1-8(12(17)5-9)7-20-13-6-10(16)3-4-11(13)14(18)19/h1-6H,7H2,(H3,18,19). The number of hydrogen-bond acceptors (Lipinski definition) is 2. The summed E-state index contributed by atoms with van der Waals surface area (Å²) in [5.74, 6) is 0.391. The summed E-state index contributed by atoms with van der Waals surface area (Å²) in [5, 5.41) is 8.65. The first kappa shape index (κ1) is 15.2. The average molecular weight is 374 g/mol. The quantitative estimate of drug-likeness (QED) is 0.606. The number of halogens is 3. The van der Waals surface area contributed by atoms with Gasteiger partial charge in [0.2, 0.25) is 0 Å². The number of hydrogen-bond donors (Lipinski definition) is 2. The van der Waals surface area contributed by atoms with E-state index in [9.17, 15) is 0 Å². The summed E-state index contributed by atoms with van der Waals surface area (Å²) in [6.45, 7) is 0.271. The molecule has 0 aliphatic rings. The minimum atomic E-state index is -0.0708. The molecule has 2 aromatic carbocycles. The van der Waals surface area contributed by atoms with Gasteiger partial charge in [-0.1, -0.05) is 45.2 Å². The number of ether oxygens (including phenoxy) is 1. The molecule has 0 spiro atoms. The Hall–Kier alpha value is -1.23. The van der Waals surface area contributed by atoms with Crippen molar-refractivity contribution >= 4 is 45.0 Å². The van der Waals surface area contributed by atoms with Gasteiger partial charge >= 0.3 is 0 Å². The third-order valence-corrected chi connectivity index (χ3v) is 3.71. The van der Waals surface area contributed by atoms with Crippen LogP contribution >= 0.6 is 39.1 Å². The van der Waals surface area contributed by atoms with Crippen molar-refractivity contribution in [1.82, 2.24) is 0 Å². The molecule has 0 aliphatic heterocycles. The lowest BCUT2D eigenvalue weighted by Gasteiger charge is -2.12. The molecule has 104 valence electrons. The van der Waals surface area contributed by atoms with Crippen LogP contribution in [0.3, 0.4) is 0 Å². The summed E-state index contributed by atoms with van der Waals surface area (Å²) in [7, 11) is 0. The van der Waals surface area contributed by atoms with E-state index in [4.69, 9.17) is 39.1 Å². The maximum atomic E-state index is 7.52. The summed E-state index contributed by atoms with van der Waals surface area (Å²) in [6, 6.07) is 10.5. The van der Waals surface area contributed by atoms with Crippen molar-refractivity contribution in [3.8, 4) is 5.75 Å². The Labute approximate surface area is 135 Å². The lowest BCUT2D eigenvalue weighted by atomic mass is 10.2. The van der Waals surface area contributed by atoms with E-state index in [1.165, 1.54) is 0 Å². The van der Waals surface area contributed by atoms with Gasteiger partial charge in [0.25, 0.3) is 0 Å². The van der Waals surface area contributed by atoms with E-state index in [2.05, 4.69) is 15.9 Å². The summed E-state index contributed by atoms with van der Waals surface area (Å²) in [4.78, 5) is 0. The molecule has 0 bridgehead atoms. The number of rotatable bonds is 4. The van der Waals surface area contributed by atoms with Gasteiger partial charge in [0, 0.05) is 20.1 Å². The van der Waals surface area contributed by atoms with Gasteiger partial charge in [0.15, 0.2) is 0 Å². The van der Waals surface area contributed by atoms with E-state index >= 15 is 0 Å². The van der Waals surface area contributed by atoms with Crippen LogP contribution in [0.1, 0.15) is 11.1 Å².